The molecule has 0 bridgehead atoms. The van der Waals surface area contributed by atoms with Crippen molar-refractivity contribution in [3.05, 3.63) is 101 Å². The normalized spacial score (nSPS) is 12.0. The fourth-order valence-corrected chi connectivity index (χ4v) is 3.78. The number of nitrogens with zero attached hydrogens (tertiary/aromatic N) is 1. The Balaban J connectivity index is 1.94. The van der Waals surface area contributed by atoms with E-state index < -0.39 is 23.3 Å². The first-order chi connectivity index (χ1) is 16.6. The first-order valence-corrected chi connectivity index (χ1v) is 11.8. The van der Waals surface area contributed by atoms with Gasteiger partial charge < -0.3 is 15.0 Å². The maximum Gasteiger partial charge on any atom is 0.261 e. The van der Waals surface area contributed by atoms with Gasteiger partial charge in [0.15, 0.2) is 6.61 Å². The van der Waals surface area contributed by atoms with Crippen molar-refractivity contribution in [1.29, 1.82) is 0 Å². The molecular weight excluding hydrogens is 467 g/mol. The van der Waals surface area contributed by atoms with Crippen LogP contribution in [0.2, 0.25) is 5.02 Å². The zero-order valence-corrected chi connectivity index (χ0v) is 20.9. The van der Waals surface area contributed by atoms with Crippen molar-refractivity contribution in [3.8, 4) is 5.75 Å². The Morgan fingerprint density at radius 1 is 1.00 bits per heavy atom. The van der Waals surface area contributed by atoms with E-state index in [1.54, 1.807) is 42.5 Å². The Bertz CT molecular complexity index is 1150. The van der Waals surface area contributed by atoms with Gasteiger partial charge in [0, 0.05) is 29.1 Å². The molecule has 5 nitrogen and oxygen atoms in total. The third-order valence-electron chi connectivity index (χ3n) is 5.23. The molecule has 1 N–H and O–H groups in total. The molecule has 7 heteroatoms. The Labute approximate surface area is 210 Å². The summed E-state index contributed by atoms with van der Waals surface area (Å²) in [6, 6.07) is 21.5. The smallest absolute Gasteiger partial charge is 0.261 e. The summed E-state index contributed by atoms with van der Waals surface area (Å²) < 4.78 is 20.3. The molecule has 0 radical (unpaired) electrons. The van der Waals surface area contributed by atoms with Gasteiger partial charge in [0.1, 0.15) is 17.6 Å². The summed E-state index contributed by atoms with van der Waals surface area (Å²) in [5.41, 5.74) is 0.671. The minimum Gasteiger partial charge on any atom is -0.484 e. The van der Waals surface area contributed by atoms with Crippen LogP contribution in [0.4, 0.5) is 4.39 Å². The monoisotopic (exact) mass is 496 g/mol. The quantitative estimate of drug-likeness (QED) is 0.430. The van der Waals surface area contributed by atoms with E-state index in [2.05, 4.69) is 5.32 Å². The second-order valence-electron chi connectivity index (χ2n) is 9.30. The van der Waals surface area contributed by atoms with E-state index in [0.717, 1.165) is 5.56 Å². The predicted octanol–water partition coefficient (Wildman–Crippen LogP) is 5.41. The van der Waals surface area contributed by atoms with Crippen molar-refractivity contribution < 1.29 is 18.7 Å². The summed E-state index contributed by atoms with van der Waals surface area (Å²) in [5.74, 6) is -0.793. The second-order valence-corrected chi connectivity index (χ2v) is 9.74. The third kappa shape index (κ3) is 8.11. The van der Waals surface area contributed by atoms with Crippen molar-refractivity contribution in [3.63, 3.8) is 0 Å². The summed E-state index contributed by atoms with van der Waals surface area (Å²) in [5, 5.41) is 3.45. The number of ether oxygens (including phenoxy) is 1. The van der Waals surface area contributed by atoms with Crippen molar-refractivity contribution in [1.82, 2.24) is 10.2 Å². The van der Waals surface area contributed by atoms with E-state index in [4.69, 9.17) is 16.3 Å². The van der Waals surface area contributed by atoms with Crippen molar-refractivity contribution in [2.24, 2.45) is 0 Å². The number of nitrogens with one attached hydrogen (secondary N) is 1. The van der Waals surface area contributed by atoms with Gasteiger partial charge in [-0.2, -0.15) is 0 Å². The van der Waals surface area contributed by atoms with E-state index in [1.807, 2.05) is 51.1 Å². The first kappa shape index (κ1) is 26.2. The molecule has 3 rings (SSSR count). The van der Waals surface area contributed by atoms with Crippen molar-refractivity contribution >= 4 is 23.4 Å². The van der Waals surface area contributed by atoms with Gasteiger partial charge in [-0.25, -0.2) is 4.39 Å². The Morgan fingerprint density at radius 2 is 1.69 bits per heavy atom. The fourth-order valence-electron chi connectivity index (χ4n) is 3.60. The minimum atomic E-state index is -0.883. The Kier molecular flexibility index (Phi) is 8.88. The number of benzene rings is 3. The van der Waals surface area contributed by atoms with Crippen LogP contribution in [0.3, 0.4) is 0 Å². The zero-order chi connectivity index (χ0) is 25.4. The highest BCUT2D eigenvalue weighted by Crippen LogP contribution is 2.20. The van der Waals surface area contributed by atoms with E-state index in [9.17, 15) is 14.0 Å². The SMILES string of the molecule is CC(C)(C)NC(=O)[C@@H](Cc1ccccc1)N(Cc1ccccc1F)C(=O)COc1cccc(Cl)c1. The molecule has 35 heavy (non-hydrogen) atoms. The standard InChI is InChI=1S/C28H30ClFN2O3/c1-28(2,3)31-27(34)25(16-20-10-5-4-6-11-20)32(18-21-12-7-8-15-24(21)30)26(33)19-35-23-14-9-13-22(29)17-23/h4-15,17,25H,16,18-19H2,1-3H3,(H,31,34)/t25-/m1/s1. The molecule has 0 spiro atoms. The van der Waals surface area contributed by atoms with Crippen LogP contribution in [0.25, 0.3) is 0 Å². The molecule has 0 aromatic heterocycles. The van der Waals surface area contributed by atoms with Gasteiger partial charge in [0.25, 0.3) is 5.91 Å². The Hall–Kier alpha value is -3.38. The summed E-state index contributed by atoms with van der Waals surface area (Å²) in [6.45, 7) is 5.20. The molecule has 3 aromatic rings. The van der Waals surface area contributed by atoms with Gasteiger partial charge in [-0.05, 0) is 50.6 Å². The summed E-state index contributed by atoms with van der Waals surface area (Å²) in [4.78, 5) is 28.3. The van der Waals surface area contributed by atoms with Gasteiger partial charge in [0.05, 0.1) is 0 Å². The van der Waals surface area contributed by atoms with Crippen LogP contribution >= 0.6 is 11.6 Å². The number of rotatable bonds is 9. The van der Waals surface area contributed by atoms with Crippen LogP contribution in [0.5, 0.6) is 5.75 Å². The number of hydrogen-bond acceptors (Lipinski definition) is 3. The molecular formula is C28H30ClFN2O3. The van der Waals surface area contributed by atoms with E-state index in [0.29, 0.717) is 16.3 Å². The lowest BCUT2D eigenvalue weighted by Crippen LogP contribution is -2.55. The van der Waals surface area contributed by atoms with Crippen molar-refractivity contribution in [2.75, 3.05) is 6.61 Å². The average molecular weight is 497 g/mol. The molecule has 0 aliphatic carbocycles. The molecule has 2 amide bonds. The van der Waals surface area contributed by atoms with Crippen LogP contribution in [0.1, 0.15) is 31.9 Å². The van der Waals surface area contributed by atoms with Gasteiger partial charge in [0.2, 0.25) is 5.91 Å². The molecule has 0 unspecified atom stereocenters. The number of halogens is 2. The van der Waals surface area contributed by atoms with Gasteiger partial charge in [-0.1, -0.05) is 66.2 Å². The molecule has 184 valence electrons. The molecule has 0 aliphatic rings. The van der Waals surface area contributed by atoms with Crippen molar-refractivity contribution in [2.45, 2.75) is 45.3 Å². The molecule has 0 fully saturated rings. The highest BCUT2D eigenvalue weighted by Gasteiger charge is 2.33. The highest BCUT2D eigenvalue weighted by atomic mass is 35.5. The number of hydrogen-bond donors (Lipinski definition) is 1. The summed E-state index contributed by atoms with van der Waals surface area (Å²) in [7, 11) is 0. The lowest BCUT2D eigenvalue weighted by molar-refractivity contribution is -0.143. The molecule has 0 aliphatic heterocycles. The van der Waals surface area contributed by atoms with E-state index in [1.165, 1.54) is 11.0 Å². The average Bonchev–Trinajstić information content (AvgIpc) is 2.80. The first-order valence-electron chi connectivity index (χ1n) is 11.4. The van der Waals surface area contributed by atoms with Gasteiger partial charge in [-0.3, -0.25) is 9.59 Å². The maximum atomic E-state index is 14.6. The zero-order valence-electron chi connectivity index (χ0n) is 20.1. The van der Waals surface area contributed by atoms with Crippen LogP contribution in [-0.4, -0.2) is 34.9 Å². The predicted molar refractivity (Wildman–Crippen MR) is 136 cm³/mol. The number of carbonyl (C=O) groups excluding carboxylic acids is 2. The molecule has 1 atom stereocenters. The van der Waals surface area contributed by atoms with Gasteiger partial charge >= 0.3 is 0 Å². The van der Waals surface area contributed by atoms with Crippen LogP contribution < -0.4 is 10.1 Å². The fraction of sp³-hybridized carbons (Fsp3) is 0.286. The number of amides is 2. The van der Waals surface area contributed by atoms with Gasteiger partial charge in [-0.15, -0.1) is 0 Å². The highest BCUT2D eigenvalue weighted by molar-refractivity contribution is 6.30. The maximum absolute atomic E-state index is 14.6. The third-order valence-corrected chi connectivity index (χ3v) is 5.46. The van der Waals surface area contributed by atoms with E-state index in [-0.39, 0.29) is 25.5 Å². The topological polar surface area (TPSA) is 58.6 Å². The van der Waals surface area contributed by atoms with Crippen LogP contribution in [0, 0.1) is 5.82 Å². The van der Waals surface area contributed by atoms with Crippen LogP contribution in [-0.2, 0) is 22.6 Å². The molecule has 0 heterocycles. The molecule has 0 saturated carbocycles. The van der Waals surface area contributed by atoms with Crippen LogP contribution in [0.15, 0.2) is 78.9 Å². The molecule has 0 saturated heterocycles. The summed E-state index contributed by atoms with van der Waals surface area (Å²) >= 11 is 6.02. The lowest BCUT2D eigenvalue weighted by atomic mass is 10.0. The lowest BCUT2D eigenvalue weighted by Gasteiger charge is -2.33. The Morgan fingerprint density at radius 3 is 2.34 bits per heavy atom. The number of carbonyl (C=O) groups is 2. The second kappa shape index (κ2) is 11.8. The van der Waals surface area contributed by atoms with E-state index >= 15 is 0 Å². The molecule has 3 aromatic carbocycles. The minimum absolute atomic E-state index is 0.0839. The summed E-state index contributed by atoms with van der Waals surface area (Å²) in [6.07, 6.45) is 0.264. The largest absolute Gasteiger partial charge is 0.484 e.